The van der Waals surface area contributed by atoms with Crippen molar-refractivity contribution in [1.29, 1.82) is 0 Å². The van der Waals surface area contributed by atoms with Crippen LogP contribution >= 0.6 is 24.0 Å². The van der Waals surface area contributed by atoms with Crippen LogP contribution in [0.4, 0.5) is 4.39 Å². The second kappa shape index (κ2) is 8.29. The Morgan fingerprint density at radius 3 is 2.69 bits per heavy atom. The van der Waals surface area contributed by atoms with Gasteiger partial charge >= 0.3 is 0 Å². The van der Waals surface area contributed by atoms with E-state index in [0.29, 0.717) is 21.6 Å². The van der Waals surface area contributed by atoms with Crippen LogP contribution in [0.5, 0.6) is 11.5 Å². The number of carbonyl (C=O) groups is 1. The van der Waals surface area contributed by atoms with E-state index in [0.717, 1.165) is 11.1 Å². The van der Waals surface area contributed by atoms with Gasteiger partial charge in [0.15, 0.2) is 15.8 Å². The van der Waals surface area contributed by atoms with Crippen molar-refractivity contribution in [3.8, 4) is 11.5 Å². The molecule has 0 saturated carbocycles. The highest BCUT2D eigenvalue weighted by molar-refractivity contribution is 8.23. The molecule has 134 valence electrons. The molecule has 3 rings (SSSR count). The molecule has 0 unspecified atom stereocenters. The van der Waals surface area contributed by atoms with Crippen LogP contribution in [-0.4, -0.2) is 34.3 Å². The largest absolute Gasteiger partial charge is 0.493 e. The third-order valence-electron chi connectivity index (χ3n) is 3.55. The van der Waals surface area contributed by atoms with Gasteiger partial charge in [0.1, 0.15) is 12.4 Å². The summed E-state index contributed by atoms with van der Waals surface area (Å²) in [5, 5.41) is 5.34. The van der Waals surface area contributed by atoms with E-state index in [1.165, 1.54) is 36.0 Å². The van der Waals surface area contributed by atoms with E-state index < -0.39 is 0 Å². The molecule has 0 bridgehead atoms. The average Bonchev–Trinajstić information content (AvgIpc) is 2.97. The van der Waals surface area contributed by atoms with E-state index in [-0.39, 0.29) is 18.3 Å². The Morgan fingerprint density at radius 2 is 2.04 bits per heavy atom. The summed E-state index contributed by atoms with van der Waals surface area (Å²) in [6.07, 6.45) is 1.54. The number of rotatable bonds is 6. The Kier molecular flexibility index (Phi) is 5.85. The van der Waals surface area contributed by atoms with Gasteiger partial charge in [0.05, 0.1) is 19.1 Å². The lowest BCUT2D eigenvalue weighted by Gasteiger charge is -2.12. The number of methoxy groups -OCH3 is 1. The monoisotopic (exact) mass is 390 g/mol. The summed E-state index contributed by atoms with van der Waals surface area (Å²) in [6.45, 7) is 0.290. The third kappa shape index (κ3) is 4.39. The van der Waals surface area contributed by atoms with E-state index in [1.54, 1.807) is 36.5 Å². The van der Waals surface area contributed by atoms with Crippen LogP contribution in [0, 0.1) is 5.82 Å². The number of hydrogen-bond donors (Lipinski definition) is 0. The van der Waals surface area contributed by atoms with Gasteiger partial charge in [-0.25, -0.2) is 4.39 Å². The molecule has 1 aliphatic heterocycles. The standard InChI is InChI=1S/C18H15FN2O3S2/c1-23-16-8-13(9-20-21-17(22)11-26-18(21)25)4-7-15(16)24-10-12-2-5-14(19)6-3-12/h2-9H,10-11H2,1H3. The fourth-order valence-corrected chi connectivity index (χ4v) is 3.18. The highest BCUT2D eigenvalue weighted by Crippen LogP contribution is 2.28. The molecule has 0 atom stereocenters. The third-order valence-corrected chi connectivity index (χ3v) is 4.88. The first-order valence-corrected chi connectivity index (χ1v) is 9.05. The van der Waals surface area contributed by atoms with Crippen molar-refractivity contribution >= 4 is 40.4 Å². The van der Waals surface area contributed by atoms with Crippen LogP contribution in [0.15, 0.2) is 47.6 Å². The van der Waals surface area contributed by atoms with Gasteiger partial charge in [0.2, 0.25) is 0 Å². The minimum absolute atomic E-state index is 0.137. The summed E-state index contributed by atoms with van der Waals surface area (Å²) < 4.78 is 24.5. The SMILES string of the molecule is COc1cc(C=NN2C(=O)CSC2=S)ccc1OCc1ccc(F)cc1. The summed E-state index contributed by atoms with van der Waals surface area (Å²) in [4.78, 5) is 11.7. The molecule has 1 fully saturated rings. The van der Waals surface area contributed by atoms with Gasteiger partial charge < -0.3 is 9.47 Å². The zero-order chi connectivity index (χ0) is 18.5. The van der Waals surface area contributed by atoms with Crippen molar-refractivity contribution in [3.63, 3.8) is 0 Å². The van der Waals surface area contributed by atoms with Crippen LogP contribution in [0.1, 0.15) is 11.1 Å². The number of hydrogen-bond acceptors (Lipinski definition) is 6. The summed E-state index contributed by atoms with van der Waals surface area (Å²) in [5.41, 5.74) is 1.58. The molecule has 0 N–H and O–H groups in total. The number of ether oxygens (including phenoxy) is 2. The van der Waals surface area contributed by atoms with Crippen molar-refractivity contribution in [3.05, 3.63) is 59.4 Å². The fourth-order valence-electron chi connectivity index (χ4n) is 2.21. The van der Waals surface area contributed by atoms with Gasteiger partial charge in [-0.2, -0.15) is 10.1 Å². The van der Waals surface area contributed by atoms with Crippen molar-refractivity contribution in [1.82, 2.24) is 5.01 Å². The van der Waals surface area contributed by atoms with E-state index in [4.69, 9.17) is 21.7 Å². The predicted octanol–water partition coefficient (Wildman–Crippen LogP) is 3.61. The molecule has 1 heterocycles. The quantitative estimate of drug-likeness (QED) is 0.557. The van der Waals surface area contributed by atoms with Crippen LogP contribution < -0.4 is 9.47 Å². The summed E-state index contributed by atoms with van der Waals surface area (Å²) in [7, 11) is 1.54. The van der Waals surface area contributed by atoms with Crippen molar-refractivity contribution < 1.29 is 18.7 Å². The van der Waals surface area contributed by atoms with E-state index in [2.05, 4.69) is 5.10 Å². The molecule has 1 aliphatic rings. The van der Waals surface area contributed by atoms with Crippen LogP contribution in [0.3, 0.4) is 0 Å². The topological polar surface area (TPSA) is 51.1 Å². The molecule has 5 nitrogen and oxygen atoms in total. The summed E-state index contributed by atoms with van der Waals surface area (Å²) in [5.74, 6) is 0.972. The van der Waals surface area contributed by atoms with E-state index in [9.17, 15) is 9.18 Å². The molecule has 0 spiro atoms. The maximum absolute atomic E-state index is 12.9. The zero-order valence-corrected chi connectivity index (χ0v) is 15.5. The Bertz CT molecular complexity index is 840. The number of amides is 1. The molecule has 1 saturated heterocycles. The molecule has 26 heavy (non-hydrogen) atoms. The van der Waals surface area contributed by atoms with Gasteiger partial charge in [0.25, 0.3) is 5.91 Å². The molecule has 1 amide bonds. The number of hydrazone groups is 1. The number of carbonyl (C=O) groups excluding carboxylic acids is 1. The Labute approximate surface area is 159 Å². The first-order valence-electron chi connectivity index (χ1n) is 7.66. The molecule has 2 aromatic carbocycles. The average molecular weight is 390 g/mol. The number of nitrogens with zero attached hydrogens (tertiary/aromatic N) is 2. The van der Waals surface area contributed by atoms with E-state index >= 15 is 0 Å². The van der Waals surface area contributed by atoms with Crippen molar-refractivity contribution in [2.45, 2.75) is 6.61 Å². The van der Waals surface area contributed by atoms with E-state index in [1.807, 2.05) is 0 Å². The van der Waals surface area contributed by atoms with Crippen LogP contribution in [0.25, 0.3) is 0 Å². The second-order valence-electron chi connectivity index (χ2n) is 5.33. The lowest BCUT2D eigenvalue weighted by molar-refractivity contribution is -0.123. The highest BCUT2D eigenvalue weighted by atomic mass is 32.2. The van der Waals surface area contributed by atoms with Gasteiger partial charge in [-0.1, -0.05) is 36.1 Å². The first-order chi connectivity index (χ1) is 12.6. The first kappa shape index (κ1) is 18.3. The highest BCUT2D eigenvalue weighted by Gasteiger charge is 2.25. The zero-order valence-electron chi connectivity index (χ0n) is 13.8. The Balaban J connectivity index is 1.70. The molecular weight excluding hydrogens is 375 g/mol. The summed E-state index contributed by atoms with van der Waals surface area (Å²) in [6, 6.07) is 11.4. The van der Waals surface area contributed by atoms with Crippen molar-refractivity contribution in [2.75, 3.05) is 12.9 Å². The van der Waals surface area contributed by atoms with Gasteiger partial charge in [-0.05, 0) is 41.5 Å². The molecule has 0 radical (unpaired) electrons. The number of thiocarbonyl (C=S) groups is 1. The smallest absolute Gasteiger partial charge is 0.259 e. The van der Waals surface area contributed by atoms with Crippen LogP contribution in [-0.2, 0) is 11.4 Å². The summed E-state index contributed by atoms with van der Waals surface area (Å²) >= 11 is 6.37. The Morgan fingerprint density at radius 1 is 1.27 bits per heavy atom. The molecular formula is C18H15FN2O3S2. The van der Waals surface area contributed by atoms with Gasteiger partial charge in [-0.3, -0.25) is 4.79 Å². The van der Waals surface area contributed by atoms with Gasteiger partial charge in [-0.15, -0.1) is 0 Å². The van der Waals surface area contributed by atoms with Crippen molar-refractivity contribution in [2.24, 2.45) is 5.10 Å². The fraction of sp³-hybridized carbons (Fsp3) is 0.167. The molecule has 2 aromatic rings. The molecule has 0 aliphatic carbocycles. The number of benzene rings is 2. The normalized spacial score (nSPS) is 14.3. The van der Waals surface area contributed by atoms with Crippen LogP contribution in [0.2, 0.25) is 0 Å². The lowest BCUT2D eigenvalue weighted by atomic mass is 10.2. The second-order valence-corrected chi connectivity index (χ2v) is 6.94. The maximum atomic E-state index is 12.9. The molecule has 8 heteroatoms. The predicted molar refractivity (Wildman–Crippen MR) is 103 cm³/mol. The van der Waals surface area contributed by atoms with Gasteiger partial charge in [0, 0.05) is 0 Å². The minimum atomic E-state index is -0.288. The molecule has 0 aromatic heterocycles. The number of thioether (sulfide) groups is 1. The number of halogens is 1. The maximum Gasteiger partial charge on any atom is 0.259 e. The lowest BCUT2D eigenvalue weighted by Crippen LogP contribution is -2.22. The Hall–Kier alpha value is -2.45. The minimum Gasteiger partial charge on any atom is -0.493 e.